The number of benzene rings is 2. The first-order chi connectivity index (χ1) is 12.8. The molecule has 1 amide bonds. The van der Waals surface area contributed by atoms with Crippen molar-refractivity contribution in [3.63, 3.8) is 0 Å². The quantitative estimate of drug-likeness (QED) is 0.745. The van der Waals surface area contributed by atoms with Crippen LogP contribution in [0.5, 0.6) is 0 Å². The Morgan fingerprint density at radius 3 is 2.73 bits per heavy atom. The summed E-state index contributed by atoms with van der Waals surface area (Å²) in [5, 5.41) is 4.61. The second-order valence-electron chi connectivity index (χ2n) is 7.43. The summed E-state index contributed by atoms with van der Waals surface area (Å²) in [4.78, 5) is 18.8. The summed E-state index contributed by atoms with van der Waals surface area (Å²) >= 11 is 0. The van der Waals surface area contributed by atoms with Gasteiger partial charge in [0, 0.05) is 41.3 Å². The maximum absolute atomic E-state index is 12.5. The molecule has 132 valence electrons. The number of aromatic amines is 1. The van der Waals surface area contributed by atoms with Crippen LogP contribution in [0.3, 0.4) is 0 Å². The minimum atomic E-state index is 0.0386. The Morgan fingerprint density at radius 2 is 1.85 bits per heavy atom. The Balaban J connectivity index is 1.39. The lowest BCUT2D eigenvalue weighted by Crippen LogP contribution is -2.48. The van der Waals surface area contributed by atoms with Gasteiger partial charge >= 0.3 is 0 Å². The molecule has 3 heterocycles. The Kier molecular flexibility index (Phi) is 3.79. The van der Waals surface area contributed by atoms with Crippen LogP contribution in [-0.2, 0) is 6.42 Å². The standard InChI is InChI=1S/C22H23N3O/c26-22(15-6-2-1-3-7-15)23-16-10-12-25-13-11-18-17-8-4-5-9-19(17)24-21(18)20(25)14-16/h1-9,16,20,24H,10-14H2,(H,23,26)/t16-,20+/m1/s1. The van der Waals surface area contributed by atoms with E-state index in [4.69, 9.17) is 0 Å². The van der Waals surface area contributed by atoms with Crippen LogP contribution < -0.4 is 5.32 Å². The predicted octanol–water partition coefficient (Wildman–Crippen LogP) is 3.66. The van der Waals surface area contributed by atoms with E-state index in [1.54, 1.807) is 0 Å². The zero-order valence-corrected chi connectivity index (χ0v) is 14.7. The first-order valence-corrected chi connectivity index (χ1v) is 9.49. The molecule has 2 aliphatic rings. The van der Waals surface area contributed by atoms with Crippen molar-refractivity contribution in [1.82, 2.24) is 15.2 Å². The number of carbonyl (C=O) groups is 1. The third kappa shape index (κ3) is 2.61. The van der Waals surface area contributed by atoms with Crippen molar-refractivity contribution in [2.24, 2.45) is 0 Å². The van der Waals surface area contributed by atoms with Crippen molar-refractivity contribution >= 4 is 16.8 Å². The molecule has 26 heavy (non-hydrogen) atoms. The van der Waals surface area contributed by atoms with E-state index in [0.29, 0.717) is 6.04 Å². The molecule has 0 radical (unpaired) electrons. The van der Waals surface area contributed by atoms with Crippen molar-refractivity contribution in [1.29, 1.82) is 0 Å². The number of aromatic nitrogens is 1. The summed E-state index contributed by atoms with van der Waals surface area (Å²) in [6.45, 7) is 2.15. The third-order valence-corrected chi connectivity index (χ3v) is 5.91. The number of amides is 1. The molecule has 5 rings (SSSR count). The lowest BCUT2D eigenvalue weighted by molar-refractivity contribution is 0.0839. The molecule has 2 N–H and O–H groups in total. The van der Waals surface area contributed by atoms with Gasteiger partial charge in [0.25, 0.3) is 5.91 Å². The number of carbonyl (C=O) groups excluding carboxylic acids is 1. The van der Waals surface area contributed by atoms with Crippen molar-refractivity contribution < 1.29 is 4.79 Å². The number of fused-ring (bicyclic) bond motifs is 5. The topological polar surface area (TPSA) is 48.1 Å². The molecule has 1 fully saturated rings. The Morgan fingerprint density at radius 1 is 1.04 bits per heavy atom. The first kappa shape index (κ1) is 15.6. The SMILES string of the molecule is O=C(N[C@@H]1CCN2CCc3c([nH]c4ccccc34)[C@@H]2C1)c1ccccc1. The Hall–Kier alpha value is -2.59. The van der Waals surface area contributed by atoms with Crippen LogP contribution in [0.4, 0.5) is 0 Å². The van der Waals surface area contributed by atoms with Crippen molar-refractivity contribution in [3.8, 4) is 0 Å². The number of hydrogen-bond acceptors (Lipinski definition) is 2. The largest absolute Gasteiger partial charge is 0.357 e. The molecule has 2 atom stereocenters. The molecule has 4 nitrogen and oxygen atoms in total. The molecule has 3 aromatic rings. The van der Waals surface area contributed by atoms with Gasteiger partial charge < -0.3 is 10.3 Å². The van der Waals surface area contributed by atoms with Crippen LogP contribution in [-0.4, -0.2) is 34.9 Å². The molecule has 0 aliphatic carbocycles. The summed E-state index contributed by atoms with van der Waals surface area (Å²) in [7, 11) is 0. The fourth-order valence-corrected chi connectivity index (χ4v) is 4.60. The van der Waals surface area contributed by atoms with Crippen LogP contribution >= 0.6 is 0 Å². The number of piperidine rings is 1. The number of hydrogen-bond donors (Lipinski definition) is 2. The molecular weight excluding hydrogens is 322 g/mol. The minimum Gasteiger partial charge on any atom is -0.357 e. The maximum Gasteiger partial charge on any atom is 0.251 e. The number of para-hydroxylation sites is 1. The van der Waals surface area contributed by atoms with Crippen molar-refractivity contribution in [2.45, 2.75) is 31.3 Å². The van der Waals surface area contributed by atoms with Crippen LogP contribution in [0.2, 0.25) is 0 Å². The second kappa shape index (κ2) is 6.29. The van der Waals surface area contributed by atoms with Gasteiger partial charge in [-0.25, -0.2) is 0 Å². The average molecular weight is 345 g/mol. The third-order valence-electron chi connectivity index (χ3n) is 5.91. The molecule has 1 saturated heterocycles. The highest BCUT2D eigenvalue weighted by atomic mass is 16.1. The van der Waals surface area contributed by atoms with Crippen LogP contribution in [0.1, 0.15) is 40.5 Å². The van der Waals surface area contributed by atoms with Crippen molar-refractivity contribution in [3.05, 3.63) is 71.4 Å². The molecule has 4 heteroatoms. The van der Waals surface area contributed by atoms with Gasteiger partial charge in [-0.3, -0.25) is 9.69 Å². The van der Waals surface area contributed by atoms with E-state index in [0.717, 1.165) is 37.9 Å². The van der Waals surface area contributed by atoms with Gasteiger partial charge in [0.2, 0.25) is 0 Å². The fourth-order valence-electron chi connectivity index (χ4n) is 4.60. The van der Waals surface area contributed by atoms with Crippen molar-refractivity contribution in [2.75, 3.05) is 13.1 Å². The molecule has 0 unspecified atom stereocenters. The van der Waals surface area contributed by atoms with E-state index >= 15 is 0 Å². The molecule has 1 aromatic heterocycles. The number of nitrogens with one attached hydrogen (secondary N) is 2. The van der Waals surface area contributed by atoms with E-state index in [1.165, 1.54) is 22.2 Å². The minimum absolute atomic E-state index is 0.0386. The lowest BCUT2D eigenvalue weighted by atomic mass is 9.88. The first-order valence-electron chi connectivity index (χ1n) is 9.49. The smallest absolute Gasteiger partial charge is 0.251 e. The van der Waals surface area contributed by atoms with Gasteiger partial charge in [0.05, 0.1) is 6.04 Å². The van der Waals surface area contributed by atoms with E-state index in [9.17, 15) is 4.79 Å². The average Bonchev–Trinajstić information content (AvgIpc) is 3.08. The highest BCUT2D eigenvalue weighted by Crippen LogP contribution is 2.39. The summed E-state index contributed by atoms with van der Waals surface area (Å²) in [6.07, 6.45) is 3.10. The van der Waals surface area contributed by atoms with Gasteiger partial charge in [0.1, 0.15) is 0 Å². The van der Waals surface area contributed by atoms with Gasteiger partial charge in [-0.1, -0.05) is 36.4 Å². The lowest BCUT2D eigenvalue weighted by Gasteiger charge is -2.42. The summed E-state index contributed by atoms with van der Waals surface area (Å²) < 4.78 is 0. The summed E-state index contributed by atoms with van der Waals surface area (Å²) in [6, 6.07) is 18.7. The molecule has 0 saturated carbocycles. The Labute approximate surface area is 153 Å². The van der Waals surface area contributed by atoms with E-state index in [2.05, 4.69) is 39.5 Å². The summed E-state index contributed by atoms with van der Waals surface area (Å²) in [5.74, 6) is 0.0386. The van der Waals surface area contributed by atoms with Crippen LogP contribution in [0.25, 0.3) is 10.9 Å². The number of H-pyrrole nitrogens is 1. The monoisotopic (exact) mass is 345 g/mol. The summed E-state index contributed by atoms with van der Waals surface area (Å²) in [5.41, 5.74) is 4.80. The van der Waals surface area contributed by atoms with E-state index < -0.39 is 0 Å². The van der Waals surface area contributed by atoms with Gasteiger partial charge in [-0.05, 0) is 43.0 Å². The second-order valence-corrected chi connectivity index (χ2v) is 7.43. The fraction of sp³-hybridized carbons (Fsp3) is 0.318. The maximum atomic E-state index is 12.5. The number of nitrogens with zero attached hydrogens (tertiary/aromatic N) is 1. The van der Waals surface area contributed by atoms with Gasteiger partial charge in [0.15, 0.2) is 0 Å². The van der Waals surface area contributed by atoms with Gasteiger partial charge in [-0.2, -0.15) is 0 Å². The number of rotatable bonds is 2. The molecular formula is C22H23N3O. The molecule has 2 aliphatic heterocycles. The van der Waals surface area contributed by atoms with E-state index in [-0.39, 0.29) is 11.9 Å². The predicted molar refractivity (Wildman–Crippen MR) is 103 cm³/mol. The molecule has 0 bridgehead atoms. The zero-order chi connectivity index (χ0) is 17.5. The van der Waals surface area contributed by atoms with E-state index in [1.807, 2.05) is 30.3 Å². The Bertz CT molecular complexity index is 946. The normalized spacial score (nSPS) is 22.6. The highest BCUT2D eigenvalue weighted by molar-refractivity contribution is 5.94. The van der Waals surface area contributed by atoms with Crippen LogP contribution in [0.15, 0.2) is 54.6 Å². The molecule has 0 spiro atoms. The molecule has 2 aromatic carbocycles. The zero-order valence-electron chi connectivity index (χ0n) is 14.7. The highest BCUT2D eigenvalue weighted by Gasteiger charge is 2.35. The van der Waals surface area contributed by atoms with Gasteiger partial charge in [-0.15, -0.1) is 0 Å². The van der Waals surface area contributed by atoms with Crippen LogP contribution in [0, 0.1) is 0 Å².